The average Bonchev–Trinajstić information content (AvgIpc) is 2.43. The van der Waals surface area contributed by atoms with Gasteiger partial charge in [0.05, 0.1) is 6.07 Å². The molecule has 0 saturated heterocycles. The Morgan fingerprint density at radius 2 is 2.43 bits per heavy atom. The van der Waals surface area contributed by atoms with Gasteiger partial charge in [0.1, 0.15) is 0 Å². The third-order valence-corrected chi connectivity index (χ3v) is 1.36. The van der Waals surface area contributed by atoms with Crippen LogP contribution in [0.5, 0.6) is 0 Å². The number of carbonyl (C=O) groups is 1. The Morgan fingerprint density at radius 1 is 1.57 bits per heavy atom. The molecule has 1 aliphatic rings. The third-order valence-electron chi connectivity index (χ3n) is 1.36. The Hall–Kier alpha value is -2.15. The first-order chi connectivity index (χ1) is 6.83. The first-order valence-electron chi connectivity index (χ1n) is 3.96. The number of hydrogen-bond acceptors (Lipinski definition) is 4. The van der Waals surface area contributed by atoms with Crippen molar-refractivity contribution in [1.82, 2.24) is 0 Å². The van der Waals surface area contributed by atoms with Gasteiger partial charge in [-0.15, -0.1) is 0 Å². The van der Waals surface area contributed by atoms with Gasteiger partial charge in [0, 0.05) is 24.6 Å². The minimum atomic E-state index is -0.561. The number of allylic oxidation sites excluding steroid dienone is 3. The highest BCUT2D eigenvalue weighted by atomic mass is 16.5. The number of ether oxygens (including phenoxy) is 1. The summed E-state index contributed by atoms with van der Waals surface area (Å²) < 4.78 is 4.92. The molecule has 4 nitrogen and oxygen atoms in total. The molecule has 0 N–H and O–H groups in total. The number of nitriles is 1. The van der Waals surface area contributed by atoms with Gasteiger partial charge in [0.25, 0.3) is 0 Å². The first kappa shape index (κ1) is 9.93. The lowest BCUT2D eigenvalue weighted by Crippen LogP contribution is -2.15. The summed E-state index contributed by atoms with van der Waals surface area (Å²) in [6.45, 7) is 0. The second-order valence-electron chi connectivity index (χ2n) is 2.39. The smallest absolute Gasteiger partial charge is 0.332 e. The number of nitrogens with zero attached hydrogens (tertiary/aromatic N) is 2. The first-order valence-corrected chi connectivity index (χ1v) is 3.96. The highest BCUT2D eigenvalue weighted by Crippen LogP contribution is 1.98. The Morgan fingerprint density at radius 3 is 3.21 bits per heavy atom. The van der Waals surface area contributed by atoms with Crippen LogP contribution >= 0.6 is 0 Å². The largest absolute Gasteiger partial charge is 0.449 e. The van der Waals surface area contributed by atoms with Gasteiger partial charge in [-0.2, -0.15) is 5.26 Å². The van der Waals surface area contributed by atoms with Gasteiger partial charge in [0.2, 0.25) is 0 Å². The van der Waals surface area contributed by atoms with E-state index in [1.807, 2.05) is 0 Å². The van der Waals surface area contributed by atoms with Crippen molar-refractivity contribution in [3.8, 4) is 6.07 Å². The minimum absolute atomic E-state index is 0.471. The zero-order valence-corrected chi connectivity index (χ0v) is 7.33. The van der Waals surface area contributed by atoms with Crippen LogP contribution in [-0.2, 0) is 9.53 Å². The van der Waals surface area contributed by atoms with Crippen molar-refractivity contribution in [2.24, 2.45) is 4.99 Å². The lowest BCUT2D eigenvalue weighted by molar-refractivity contribution is -0.138. The number of aliphatic imine (C=N–C) groups is 1. The van der Waals surface area contributed by atoms with Crippen LogP contribution in [0.2, 0.25) is 0 Å². The van der Waals surface area contributed by atoms with Crippen LogP contribution in [-0.4, -0.2) is 18.3 Å². The summed E-state index contributed by atoms with van der Waals surface area (Å²) in [7, 11) is 0. The molecule has 0 aromatic rings. The van der Waals surface area contributed by atoms with Crippen LogP contribution in [0.4, 0.5) is 0 Å². The van der Waals surface area contributed by atoms with E-state index in [9.17, 15) is 4.79 Å². The summed E-state index contributed by atoms with van der Waals surface area (Å²) in [6, 6.07) is 1.70. The summed E-state index contributed by atoms with van der Waals surface area (Å²) in [5.41, 5.74) is 0. The predicted molar refractivity (Wildman–Crippen MR) is 51.4 cm³/mol. The second-order valence-corrected chi connectivity index (χ2v) is 2.39. The molecular formula is C10H8N2O2. The van der Waals surface area contributed by atoms with Crippen LogP contribution in [0.3, 0.4) is 0 Å². The van der Waals surface area contributed by atoms with Crippen molar-refractivity contribution in [2.45, 2.75) is 6.10 Å². The molecule has 1 atom stereocenters. The van der Waals surface area contributed by atoms with Gasteiger partial charge in [-0.1, -0.05) is 6.08 Å². The van der Waals surface area contributed by atoms with Crippen molar-refractivity contribution in [3.63, 3.8) is 0 Å². The molecule has 0 spiro atoms. The summed E-state index contributed by atoms with van der Waals surface area (Å²) in [5, 5.41) is 8.17. The monoisotopic (exact) mass is 188 g/mol. The van der Waals surface area contributed by atoms with Crippen molar-refractivity contribution in [3.05, 3.63) is 36.6 Å². The topological polar surface area (TPSA) is 62.5 Å². The van der Waals surface area contributed by atoms with E-state index in [1.165, 1.54) is 6.21 Å². The van der Waals surface area contributed by atoms with Crippen molar-refractivity contribution in [2.75, 3.05) is 0 Å². The van der Waals surface area contributed by atoms with Crippen LogP contribution < -0.4 is 0 Å². The molecule has 1 rings (SSSR count). The number of carbonyl (C=O) groups excluding carboxylic acids is 1. The number of rotatable bonds is 2. The molecule has 0 bridgehead atoms. The van der Waals surface area contributed by atoms with Crippen molar-refractivity contribution < 1.29 is 9.53 Å². The van der Waals surface area contributed by atoms with E-state index in [-0.39, 0.29) is 0 Å². The molecule has 1 heterocycles. The van der Waals surface area contributed by atoms with E-state index in [4.69, 9.17) is 10.00 Å². The maximum atomic E-state index is 11.0. The van der Waals surface area contributed by atoms with Gasteiger partial charge in [-0.3, -0.25) is 4.99 Å². The number of hydrogen-bond donors (Lipinski definition) is 0. The van der Waals surface area contributed by atoms with Crippen molar-refractivity contribution >= 4 is 12.2 Å². The molecule has 0 radical (unpaired) electrons. The van der Waals surface area contributed by atoms with E-state index < -0.39 is 12.1 Å². The van der Waals surface area contributed by atoms with E-state index in [2.05, 4.69) is 4.99 Å². The molecule has 70 valence electrons. The molecule has 14 heavy (non-hydrogen) atoms. The molecule has 0 fully saturated rings. The van der Waals surface area contributed by atoms with Gasteiger partial charge < -0.3 is 4.74 Å². The fourth-order valence-corrected chi connectivity index (χ4v) is 0.806. The SMILES string of the molecule is N#CC=CC(=O)OC1C=CC=CN=C1. The lowest BCUT2D eigenvalue weighted by atomic mass is 10.3. The van der Waals surface area contributed by atoms with E-state index in [0.29, 0.717) is 0 Å². The summed E-state index contributed by atoms with van der Waals surface area (Å²) in [6.07, 6.45) is 9.91. The molecule has 1 unspecified atom stereocenters. The Balaban J connectivity index is 2.49. The van der Waals surface area contributed by atoms with E-state index in [1.54, 1.807) is 30.5 Å². The van der Waals surface area contributed by atoms with Gasteiger partial charge in [-0.05, 0) is 12.2 Å². The fraction of sp³-hybridized carbons (Fsp3) is 0.100. The summed E-state index contributed by atoms with van der Waals surface area (Å²) in [5.74, 6) is -0.561. The average molecular weight is 188 g/mol. The summed E-state index contributed by atoms with van der Waals surface area (Å²) >= 11 is 0. The number of esters is 1. The zero-order valence-electron chi connectivity index (χ0n) is 7.33. The molecule has 0 amide bonds. The van der Waals surface area contributed by atoms with Crippen LogP contribution in [0.1, 0.15) is 0 Å². The third kappa shape index (κ3) is 3.50. The van der Waals surface area contributed by atoms with Crippen molar-refractivity contribution in [1.29, 1.82) is 5.26 Å². The Kier molecular flexibility index (Phi) is 3.89. The maximum absolute atomic E-state index is 11.0. The Labute approximate surface area is 81.5 Å². The van der Waals surface area contributed by atoms with Gasteiger partial charge >= 0.3 is 5.97 Å². The maximum Gasteiger partial charge on any atom is 0.332 e. The van der Waals surface area contributed by atoms with Gasteiger partial charge in [-0.25, -0.2) is 4.79 Å². The molecular weight excluding hydrogens is 180 g/mol. The highest BCUT2D eigenvalue weighted by molar-refractivity contribution is 5.84. The standard InChI is InChI=1S/C10H8N2O2/c11-6-3-5-10(13)14-9-4-1-2-7-12-8-9/h1-5,7-9H. The molecule has 0 aromatic heterocycles. The van der Waals surface area contributed by atoms with Crippen LogP contribution in [0, 0.1) is 11.3 Å². The highest BCUT2D eigenvalue weighted by Gasteiger charge is 2.06. The normalized spacial score (nSPS) is 19.2. The van der Waals surface area contributed by atoms with Crippen LogP contribution in [0.25, 0.3) is 0 Å². The molecule has 0 saturated carbocycles. The molecule has 1 aliphatic heterocycles. The molecule has 0 aromatic carbocycles. The predicted octanol–water partition coefficient (Wildman–Crippen LogP) is 1.13. The molecule has 4 heteroatoms. The lowest BCUT2D eigenvalue weighted by Gasteiger charge is -2.05. The van der Waals surface area contributed by atoms with Crippen LogP contribution in [0.15, 0.2) is 41.6 Å². The fourth-order valence-electron chi connectivity index (χ4n) is 0.806. The zero-order chi connectivity index (χ0) is 10.2. The molecule has 0 aliphatic carbocycles. The minimum Gasteiger partial charge on any atom is -0.449 e. The second kappa shape index (κ2) is 5.49. The summed E-state index contributed by atoms with van der Waals surface area (Å²) in [4.78, 5) is 14.9. The van der Waals surface area contributed by atoms with E-state index >= 15 is 0 Å². The Bertz CT molecular complexity index is 343. The van der Waals surface area contributed by atoms with Gasteiger partial charge in [0.15, 0.2) is 6.10 Å². The quantitative estimate of drug-likeness (QED) is 0.370. The van der Waals surface area contributed by atoms with E-state index in [0.717, 1.165) is 12.2 Å².